The number of hydrogen-bond acceptors (Lipinski definition) is 6. The first-order valence-corrected chi connectivity index (χ1v) is 7.36. The van der Waals surface area contributed by atoms with Gasteiger partial charge >= 0.3 is 7.75 Å². The molecule has 0 amide bonds. The van der Waals surface area contributed by atoms with Crippen molar-refractivity contribution < 1.29 is 13.6 Å². The molecule has 0 atom stereocenters. The molecule has 0 spiro atoms. The van der Waals surface area contributed by atoms with Crippen LogP contribution in [0.4, 0.5) is 0 Å². The minimum atomic E-state index is -3.78. The second-order valence-corrected chi connectivity index (χ2v) is 5.44. The van der Waals surface area contributed by atoms with Gasteiger partial charge in [0.15, 0.2) is 0 Å². The highest BCUT2D eigenvalue weighted by atomic mass is 31.2. The second-order valence-electron chi connectivity index (χ2n) is 3.61. The van der Waals surface area contributed by atoms with Crippen LogP contribution in [0.3, 0.4) is 0 Å². The van der Waals surface area contributed by atoms with Gasteiger partial charge in [-0.2, -0.15) is 0 Å². The first-order chi connectivity index (χ1) is 9.12. The third-order valence-electron chi connectivity index (χ3n) is 2.37. The maximum Gasteiger partial charge on any atom is 0.459 e. The van der Waals surface area contributed by atoms with E-state index in [0.29, 0.717) is 15.4 Å². The summed E-state index contributed by atoms with van der Waals surface area (Å²) in [4.78, 5) is 12.3. The molecule has 102 valence electrons. The second kappa shape index (κ2) is 5.61. The van der Waals surface area contributed by atoms with Gasteiger partial charge in [-0.3, -0.25) is 13.8 Å². The molecule has 0 unspecified atom stereocenters. The van der Waals surface area contributed by atoms with E-state index in [4.69, 9.17) is 9.05 Å². The molecule has 1 heterocycles. The maximum atomic E-state index is 12.5. The molecule has 1 aromatic carbocycles. The fraction of sp³-hybridized carbons (Fsp3) is 0.364. The Morgan fingerprint density at radius 1 is 1.21 bits per heavy atom. The van der Waals surface area contributed by atoms with Crippen LogP contribution in [0.25, 0.3) is 10.9 Å². The standard InChI is InChI=1S/C11H14N3O4P/c1-3-17-19(16,18-4-2)14-11(15)9-7-5-6-8-10(9)12-13-14/h5-8H,3-4H2,1-2H3. The minimum absolute atomic E-state index is 0.137. The first kappa shape index (κ1) is 13.9. The van der Waals surface area contributed by atoms with Crippen molar-refractivity contribution in [2.45, 2.75) is 13.8 Å². The topological polar surface area (TPSA) is 83.3 Å². The number of nitrogens with zero attached hydrogens (tertiary/aromatic N) is 3. The molecule has 8 heteroatoms. The Morgan fingerprint density at radius 2 is 1.84 bits per heavy atom. The van der Waals surface area contributed by atoms with E-state index in [1.165, 1.54) is 0 Å². The van der Waals surface area contributed by atoms with Gasteiger partial charge in [0.2, 0.25) is 0 Å². The highest BCUT2D eigenvalue weighted by Gasteiger charge is 2.30. The summed E-state index contributed by atoms with van der Waals surface area (Å²) in [6, 6.07) is 6.68. The van der Waals surface area contributed by atoms with Crippen molar-refractivity contribution in [2.75, 3.05) is 13.2 Å². The highest BCUT2D eigenvalue weighted by Crippen LogP contribution is 2.47. The summed E-state index contributed by atoms with van der Waals surface area (Å²) >= 11 is 0. The molecule has 0 saturated carbocycles. The Kier molecular flexibility index (Phi) is 4.09. The summed E-state index contributed by atoms with van der Waals surface area (Å²) in [6.07, 6.45) is 0. The van der Waals surface area contributed by atoms with Crippen molar-refractivity contribution in [1.82, 2.24) is 14.8 Å². The lowest BCUT2D eigenvalue weighted by Crippen LogP contribution is -2.24. The molecule has 0 fully saturated rings. The molecule has 0 radical (unpaired) electrons. The predicted octanol–water partition coefficient (Wildman–Crippen LogP) is 1.82. The number of rotatable bonds is 5. The average molecular weight is 283 g/mol. The third-order valence-corrected chi connectivity index (χ3v) is 4.26. The Morgan fingerprint density at radius 3 is 2.47 bits per heavy atom. The minimum Gasteiger partial charge on any atom is -0.291 e. The van der Waals surface area contributed by atoms with Crippen LogP contribution in [0.2, 0.25) is 0 Å². The van der Waals surface area contributed by atoms with Crippen molar-refractivity contribution >= 4 is 18.6 Å². The molecular weight excluding hydrogens is 269 g/mol. The SMILES string of the molecule is CCOP(=O)(OCC)n1nnc2ccccc2c1=O. The van der Waals surface area contributed by atoms with Gasteiger partial charge in [-0.25, -0.2) is 4.57 Å². The fourth-order valence-corrected chi connectivity index (χ4v) is 3.03. The largest absolute Gasteiger partial charge is 0.459 e. The summed E-state index contributed by atoms with van der Waals surface area (Å²) in [5.41, 5.74) is -0.112. The lowest BCUT2D eigenvalue weighted by atomic mass is 10.2. The van der Waals surface area contributed by atoms with Gasteiger partial charge in [0.1, 0.15) is 5.52 Å². The molecule has 7 nitrogen and oxygen atoms in total. The summed E-state index contributed by atoms with van der Waals surface area (Å²) in [7, 11) is -3.78. The molecule has 0 N–H and O–H groups in total. The molecule has 2 aromatic rings. The molecule has 0 aliphatic rings. The van der Waals surface area contributed by atoms with E-state index in [9.17, 15) is 9.36 Å². The Bertz CT molecular complexity index is 675. The quantitative estimate of drug-likeness (QED) is 0.778. The van der Waals surface area contributed by atoms with E-state index >= 15 is 0 Å². The zero-order valence-electron chi connectivity index (χ0n) is 10.6. The predicted molar refractivity (Wildman–Crippen MR) is 70.1 cm³/mol. The van der Waals surface area contributed by atoms with Crippen molar-refractivity contribution in [3.8, 4) is 0 Å². The van der Waals surface area contributed by atoms with Crippen LogP contribution in [0.5, 0.6) is 0 Å². The van der Waals surface area contributed by atoms with E-state index in [-0.39, 0.29) is 13.2 Å². The van der Waals surface area contributed by atoms with Crippen molar-refractivity contribution in [2.24, 2.45) is 0 Å². The number of fused-ring (bicyclic) bond motifs is 1. The molecule has 0 aliphatic carbocycles. The van der Waals surface area contributed by atoms with Gasteiger partial charge in [0.25, 0.3) is 5.56 Å². The fourth-order valence-electron chi connectivity index (χ4n) is 1.61. The molecular formula is C11H14N3O4P. The van der Waals surface area contributed by atoms with Crippen LogP contribution in [0.15, 0.2) is 29.1 Å². The summed E-state index contributed by atoms with van der Waals surface area (Å²) < 4.78 is 23.4. The zero-order chi connectivity index (χ0) is 13.9. The molecule has 0 aliphatic heterocycles. The van der Waals surface area contributed by atoms with Crippen LogP contribution in [-0.2, 0) is 13.6 Å². The van der Waals surface area contributed by atoms with Gasteiger partial charge < -0.3 is 0 Å². The summed E-state index contributed by atoms with van der Waals surface area (Å²) in [6.45, 7) is 3.59. The van der Waals surface area contributed by atoms with E-state index in [1.807, 2.05) is 0 Å². The zero-order valence-corrected chi connectivity index (χ0v) is 11.5. The van der Waals surface area contributed by atoms with Crippen molar-refractivity contribution in [3.63, 3.8) is 0 Å². The number of hydrogen-bond donors (Lipinski definition) is 0. The normalized spacial score (nSPS) is 11.9. The molecule has 19 heavy (non-hydrogen) atoms. The van der Waals surface area contributed by atoms with E-state index in [1.54, 1.807) is 38.1 Å². The third kappa shape index (κ3) is 2.58. The van der Waals surface area contributed by atoms with Crippen LogP contribution in [0.1, 0.15) is 13.8 Å². The Balaban J connectivity index is 2.64. The van der Waals surface area contributed by atoms with Crippen LogP contribution in [-0.4, -0.2) is 28.0 Å². The van der Waals surface area contributed by atoms with Gasteiger partial charge in [0.05, 0.1) is 18.6 Å². The van der Waals surface area contributed by atoms with Crippen molar-refractivity contribution in [3.05, 3.63) is 34.6 Å². The lowest BCUT2D eigenvalue weighted by Gasteiger charge is -2.16. The van der Waals surface area contributed by atoms with E-state index in [0.717, 1.165) is 0 Å². The number of benzene rings is 1. The molecule has 2 rings (SSSR count). The molecule has 0 saturated heterocycles. The first-order valence-electron chi connectivity index (χ1n) is 5.87. The van der Waals surface area contributed by atoms with Crippen LogP contribution in [0, 0.1) is 0 Å². The van der Waals surface area contributed by atoms with Gasteiger partial charge in [-0.1, -0.05) is 17.3 Å². The summed E-state index contributed by atoms with van der Waals surface area (Å²) in [5, 5.41) is 7.83. The molecule has 0 bridgehead atoms. The van der Waals surface area contributed by atoms with Gasteiger partial charge in [-0.05, 0) is 26.0 Å². The van der Waals surface area contributed by atoms with Crippen LogP contribution >= 0.6 is 7.75 Å². The Hall–Kier alpha value is -1.56. The van der Waals surface area contributed by atoms with Gasteiger partial charge in [-0.15, -0.1) is 9.55 Å². The monoisotopic (exact) mass is 283 g/mol. The summed E-state index contributed by atoms with van der Waals surface area (Å²) in [5.74, 6) is 0. The average Bonchev–Trinajstić information content (AvgIpc) is 2.40. The highest BCUT2D eigenvalue weighted by molar-refractivity contribution is 7.52. The van der Waals surface area contributed by atoms with E-state index < -0.39 is 13.3 Å². The lowest BCUT2D eigenvalue weighted by molar-refractivity contribution is 0.207. The Labute approximate surface area is 109 Å². The van der Waals surface area contributed by atoms with Crippen LogP contribution < -0.4 is 5.56 Å². The van der Waals surface area contributed by atoms with E-state index in [2.05, 4.69) is 10.3 Å². The van der Waals surface area contributed by atoms with Crippen molar-refractivity contribution in [1.29, 1.82) is 0 Å². The van der Waals surface area contributed by atoms with Gasteiger partial charge in [0, 0.05) is 0 Å². The maximum absolute atomic E-state index is 12.5. The number of aromatic nitrogens is 3. The smallest absolute Gasteiger partial charge is 0.291 e. The molecule has 1 aromatic heterocycles.